The van der Waals surface area contributed by atoms with Gasteiger partial charge in [-0.25, -0.2) is 10.1 Å². The van der Waals surface area contributed by atoms with E-state index in [0.717, 1.165) is 18.4 Å². The van der Waals surface area contributed by atoms with E-state index >= 15 is 0 Å². The fraction of sp³-hybridized carbons (Fsp3) is 0.429. The summed E-state index contributed by atoms with van der Waals surface area (Å²) < 4.78 is 16.8. The fourth-order valence-electron chi connectivity index (χ4n) is 4.23. The highest BCUT2D eigenvalue weighted by atomic mass is 16.7. The van der Waals surface area contributed by atoms with Gasteiger partial charge < -0.3 is 15.2 Å². The lowest BCUT2D eigenvalue weighted by Crippen LogP contribution is -2.34. The molecule has 0 spiro atoms. The van der Waals surface area contributed by atoms with Gasteiger partial charge in [0.2, 0.25) is 18.4 Å². The summed E-state index contributed by atoms with van der Waals surface area (Å²) in [7, 11) is 2.03. The van der Waals surface area contributed by atoms with Crippen LogP contribution in [0.25, 0.3) is 5.82 Å². The number of rotatable bonds is 7. The third-order valence-corrected chi connectivity index (χ3v) is 6.05. The van der Waals surface area contributed by atoms with E-state index in [1.54, 1.807) is 12.1 Å². The number of nitrogens with two attached hydrogens (primary N) is 1. The minimum absolute atomic E-state index is 0.0549. The fourth-order valence-corrected chi connectivity index (χ4v) is 4.23. The van der Waals surface area contributed by atoms with Gasteiger partial charge in [0.05, 0.1) is 11.9 Å². The first-order valence-electron chi connectivity index (χ1n) is 11.1. The number of hydrogen-bond donors (Lipinski definition) is 2. The van der Waals surface area contributed by atoms with E-state index in [4.69, 9.17) is 19.8 Å². The van der Waals surface area contributed by atoms with Crippen molar-refractivity contribution in [2.24, 2.45) is 5.10 Å². The molecule has 0 bridgehead atoms. The highest BCUT2D eigenvalue weighted by molar-refractivity contribution is 5.94. The number of nitrogens with one attached hydrogen (secondary N) is 1. The van der Waals surface area contributed by atoms with Crippen molar-refractivity contribution in [1.82, 2.24) is 35.6 Å². The van der Waals surface area contributed by atoms with Crippen molar-refractivity contribution in [2.75, 3.05) is 19.6 Å². The van der Waals surface area contributed by atoms with Crippen molar-refractivity contribution >= 4 is 17.9 Å². The number of nitrogens with zero attached hydrogens (tertiary/aromatic N) is 7. The summed E-state index contributed by atoms with van der Waals surface area (Å²) in [5.41, 5.74) is 9.77. The number of carbonyl (C=O) groups is 1. The standard InChI is InChI=1S/C21H25N9O4/c1-29(14-5-3-2-4-6-14)11-15-18(24-28-30(15)20-19(22)26-34-27-20)21(31)25-23-10-13-7-8-16-17(9-13)33-12-32-16/h7-10,14H,2-6,11-12H2,1H3,(H2,22,26)(H,25,31)/b23-10-. The Morgan fingerprint density at radius 1 is 1.26 bits per heavy atom. The second-order valence-corrected chi connectivity index (χ2v) is 8.29. The van der Waals surface area contributed by atoms with Crippen molar-refractivity contribution < 1.29 is 18.9 Å². The van der Waals surface area contributed by atoms with Crippen LogP contribution in [0.1, 0.15) is 53.8 Å². The van der Waals surface area contributed by atoms with Crippen molar-refractivity contribution in [3.63, 3.8) is 0 Å². The van der Waals surface area contributed by atoms with Crippen LogP contribution in [-0.2, 0) is 6.54 Å². The van der Waals surface area contributed by atoms with Gasteiger partial charge >= 0.3 is 0 Å². The number of nitrogen functional groups attached to an aromatic ring is 1. The van der Waals surface area contributed by atoms with Crippen molar-refractivity contribution in [3.8, 4) is 17.3 Å². The lowest BCUT2D eigenvalue weighted by Gasteiger charge is -2.31. The molecule has 178 valence electrons. The molecule has 0 unspecified atom stereocenters. The number of aromatic nitrogens is 5. The highest BCUT2D eigenvalue weighted by Gasteiger charge is 2.27. The molecule has 1 amide bonds. The SMILES string of the molecule is CN(Cc1c(C(=O)N/N=C\c2ccc3c(c2)OCO3)nnn1-c1nonc1N)C1CCCCC1. The van der Waals surface area contributed by atoms with Gasteiger partial charge in [-0.3, -0.25) is 9.69 Å². The maximum atomic E-state index is 13.0. The molecule has 2 aliphatic rings. The van der Waals surface area contributed by atoms with Gasteiger partial charge in [-0.15, -0.1) is 5.10 Å². The molecular formula is C21H25N9O4. The zero-order chi connectivity index (χ0) is 23.5. The maximum Gasteiger partial charge on any atom is 0.293 e. The van der Waals surface area contributed by atoms with Crippen LogP contribution in [0.5, 0.6) is 11.5 Å². The van der Waals surface area contributed by atoms with Gasteiger partial charge in [-0.2, -0.15) is 9.78 Å². The van der Waals surface area contributed by atoms with Crippen LogP contribution in [0.15, 0.2) is 27.9 Å². The summed E-state index contributed by atoms with van der Waals surface area (Å²) in [6.07, 6.45) is 7.35. The molecule has 1 saturated carbocycles. The molecule has 1 aromatic carbocycles. The molecule has 34 heavy (non-hydrogen) atoms. The molecule has 2 aromatic heterocycles. The first-order chi connectivity index (χ1) is 16.6. The van der Waals surface area contributed by atoms with Crippen LogP contribution < -0.4 is 20.6 Å². The number of hydrazone groups is 1. The van der Waals surface area contributed by atoms with Gasteiger partial charge in [0.15, 0.2) is 17.2 Å². The van der Waals surface area contributed by atoms with Gasteiger partial charge in [0.25, 0.3) is 5.91 Å². The van der Waals surface area contributed by atoms with Gasteiger partial charge in [0.1, 0.15) is 0 Å². The lowest BCUT2D eigenvalue weighted by molar-refractivity contribution is 0.0947. The average molecular weight is 467 g/mol. The summed E-state index contributed by atoms with van der Waals surface area (Å²) >= 11 is 0. The first-order valence-corrected chi connectivity index (χ1v) is 11.1. The molecule has 13 nitrogen and oxygen atoms in total. The van der Waals surface area contributed by atoms with Gasteiger partial charge in [0, 0.05) is 12.6 Å². The maximum absolute atomic E-state index is 13.0. The molecule has 1 fully saturated rings. The van der Waals surface area contributed by atoms with E-state index in [0.29, 0.717) is 29.8 Å². The predicted octanol–water partition coefficient (Wildman–Crippen LogP) is 1.49. The van der Waals surface area contributed by atoms with Crippen LogP contribution in [0, 0.1) is 0 Å². The number of amides is 1. The lowest BCUT2D eigenvalue weighted by atomic mass is 9.94. The minimum atomic E-state index is -0.509. The largest absolute Gasteiger partial charge is 0.454 e. The Labute approximate surface area is 194 Å². The third-order valence-electron chi connectivity index (χ3n) is 6.05. The Balaban J connectivity index is 1.36. The highest BCUT2D eigenvalue weighted by Crippen LogP contribution is 2.32. The molecule has 3 N–H and O–H groups in total. The summed E-state index contributed by atoms with van der Waals surface area (Å²) in [6.45, 7) is 0.602. The molecule has 1 aliphatic heterocycles. The Morgan fingerprint density at radius 3 is 2.88 bits per heavy atom. The predicted molar refractivity (Wildman–Crippen MR) is 120 cm³/mol. The second-order valence-electron chi connectivity index (χ2n) is 8.29. The Bertz CT molecular complexity index is 1200. The van der Waals surface area contributed by atoms with Crippen molar-refractivity contribution in [1.29, 1.82) is 0 Å². The van der Waals surface area contributed by atoms with Gasteiger partial charge in [-0.1, -0.05) is 24.5 Å². The monoisotopic (exact) mass is 467 g/mol. The smallest absolute Gasteiger partial charge is 0.293 e. The number of hydrogen-bond acceptors (Lipinski definition) is 11. The van der Waals surface area contributed by atoms with Gasteiger partial charge in [-0.05, 0) is 54.0 Å². The van der Waals surface area contributed by atoms with E-state index in [1.807, 2.05) is 13.1 Å². The van der Waals surface area contributed by atoms with Crippen LogP contribution in [-0.4, -0.2) is 62.2 Å². The number of anilines is 1. The zero-order valence-electron chi connectivity index (χ0n) is 18.7. The second kappa shape index (κ2) is 9.47. The number of benzene rings is 1. The molecular weight excluding hydrogens is 442 g/mol. The molecule has 0 radical (unpaired) electrons. The molecule has 3 heterocycles. The van der Waals surface area contributed by atoms with Crippen molar-refractivity contribution in [2.45, 2.75) is 44.7 Å². The molecule has 0 atom stereocenters. The van der Waals surface area contributed by atoms with Crippen molar-refractivity contribution in [3.05, 3.63) is 35.2 Å². The Morgan fingerprint density at radius 2 is 2.09 bits per heavy atom. The number of fused-ring (bicyclic) bond motifs is 1. The van der Waals surface area contributed by atoms with E-state index in [1.165, 1.54) is 30.2 Å². The molecule has 5 rings (SSSR count). The normalized spacial score (nSPS) is 15.9. The summed E-state index contributed by atoms with van der Waals surface area (Å²) in [5, 5.41) is 19.7. The molecule has 0 saturated heterocycles. The van der Waals surface area contributed by atoms with E-state index in [-0.39, 0.29) is 24.1 Å². The van der Waals surface area contributed by atoms with E-state index in [9.17, 15) is 4.79 Å². The third kappa shape index (κ3) is 4.41. The summed E-state index contributed by atoms with van der Waals surface area (Å²) in [5.74, 6) is 1.03. The van der Waals surface area contributed by atoms with E-state index in [2.05, 4.69) is 36.1 Å². The van der Waals surface area contributed by atoms with Crippen LogP contribution in [0.3, 0.4) is 0 Å². The molecule has 13 heteroatoms. The Kier molecular flexibility index (Phi) is 6.08. The topological polar surface area (TPSA) is 159 Å². The summed E-state index contributed by atoms with van der Waals surface area (Å²) in [6, 6.07) is 5.78. The van der Waals surface area contributed by atoms with Crippen LogP contribution in [0.4, 0.5) is 5.82 Å². The number of ether oxygens (including phenoxy) is 2. The van der Waals surface area contributed by atoms with Crippen LogP contribution >= 0.6 is 0 Å². The van der Waals surface area contributed by atoms with Crippen LogP contribution in [0.2, 0.25) is 0 Å². The Hall–Kier alpha value is -4.00. The first kappa shape index (κ1) is 21.8. The quantitative estimate of drug-likeness (QED) is 0.385. The molecule has 3 aromatic rings. The molecule has 1 aliphatic carbocycles. The zero-order valence-corrected chi connectivity index (χ0v) is 18.7. The number of carbonyl (C=O) groups excluding carboxylic acids is 1. The minimum Gasteiger partial charge on any atom is -0.454 e. The summed E-state index contributed by atoms with van der Waals surface area (Å²) in [4.78, 5) is 15.2. The average Bonchev–Trinajstić information content (AvgIpc) is 3.59. The van der Waals surface area contributed by atoms with E-state index < -0.39 is 5.91 Å².